The van der Waals surface area contributed by atoms with Crippen LogP contribution in [0, 0.1) is 13.8 Å². The lowest BCUT2D eigenvalue weighted by Crippen LogP contribution is -2.41. The average Bonchev–Trinajstić information content (AvgIpc) is 3.03. The van der Waals surface area contributed by atoms with Crippen LogP contribution >= 0.6 is 0 Å². The number of nitrogens with one attached hydrogen (secondary N) is 1. The molecule has 0 fully saturated rings. The number of hydrogen-bond acceptors (Lipinski definition) is 6. The van der Waals surface area contributed by atoms with E-state index in [9.17, 15) is 4.79 Å². The minimum atomic E-state index is -0.533. The van der Waals surface area contributed by atoms with Gasteiger partial charge >= 0.3 is 5.97 Å². The number of carbonyl (C=O) groups is 1. The van der Waals surface area contributed by atoms with E-state index in [-0.39, 0.29) is 12.0 Å². The highest BCUT2D eigenvalue weighted by Crippen LogP contribution is 2.44. The van der Waals surface area contributed by atoms with Gasteiger partial charge in [-0.15, -0.1) is 0 Å². The zero-order chi connectivity index (χ0) is 21.3. The number of imidazole rings is 1. The Kier molecular flexibility index (Phi) is 5.74. The van der Waals surface area contributed by atoms with E-state index in [2.05, 4.69) is 9.72 Å². The molecule has 0 radical (unpaired) electrons. The molecule has 7 heteroatoms. The predicted molar refractivity (Wildman–Crippen MR) is 114 cm³/mol. The molecule has 3 heterocycles. The third-order valence-electron chi connectivity index (χ3n) is 5.58. The molecule has 2 aromatic heterocycles. The molecule has 4 rings (SSSR count). The molecule has 7 nitrogen and oxygen atoms in total. The number of aryl methyl sites for hydroxylation is 2. The molecule has 158 valence electrons. The summed E-state index contributed by atoms with van der Waals surface area (Å²) in [5, 5.41) is 3.60. The normalized spacial score (nSPS) is 20.6. The third-order valence-corrected chi connectivity index (χ3v) is 5.58. The van der Waals surface area contributed by atoms with Crippen LogP contribution in [-0.2, 0) is 19.0 Å². The number of hydrogen-bond donors (Lipinski definition) is 1. The lowest BCUT2D eigenvalue weighted by molar-refractivity contribution is -0.158. The van der Waals surface area contributed by atoms with Crippen molar-refractivity contribution in [2.45, 2.75) is 39.0 Å². The molecule has 0 saturated carbocycles. The van der Waals surface area contributed by atoms with Gasteiger partial charge in [0.15, 0.2) is 11.8 Å². The maximum Gasteiger partial charge on any atom is 0.303 e. The van der Waals surface area contributed by atoms with Gasteiger partial charge in [0.05, 0.1) is 30.6 Å². The topological polar surface area (TPSA) is 74.1 Å². The van der Waals surface area contributed by atoms with Crippen LogP contribution in [0.2, 0.25) is 0 Å². The van der Waals surface area contributed by atoms with Crippen molar-refractivity contribution in [3.63, 3.8) is 0 Å². The highest BCUT2D eigenvalue weighted by molar-refractivity contribution is 5.76. The average molecular weight is 409 g/mol. The number of carbonyl (C=O) groups excluding carboxylic acids is 1. The summed E-state index contributed by atoms with van der Waals surface area (Å²) in [4.78, 5) is 16.8. The van der Waals surface area contributed by atoms with Crippen molar-refractivity contribution in [3.05, 3.63) is 65.1 Å². The summed E-state index contributed by atoms with van der Waals surface area (Å²) >= 11 is 0. The minimum absolute atomic E-state index is 0.279. The molecule has 3 aromatic rings. The quantitative estimate of drug-likeness (QED) is 0.494. The number of aromatic nitrogens is 2. The Morgan fingerprint density at radius 3 is 2.63 bits per heavy atom. The molecule has 3 atom stereocenters. The number of fused-ring (bicyclic) bond motifs is 3. The fraction of sp³-hybridized carbons (Fsp3) is 0.391. The fourth-order valence-electron chi connectivity index (χ4n) is 4.03. The van der Waals surface area contributed by atoms with Crippen LogP contribution in [0.1, 0.15) is 41.6 Å². The van der Waals surface area contributed by atoms with Gasteiger partial charge < -0.3 is 23.9 Å². The molecule has 0 unspecified atom stereocenters. The van der Waals surface area contributed by atoms with E-state index in [0.29, 0.717) is 13.2 Å². The van der Waals surface area contributed by atoms with Gasteiger partial charge in [-0.2, -0.15) is 0 Å². The summed E-state index contributed by atoms with van der Waals surface area (Å²) < 4.78 is 19.3. The van der Waals surface area contributed by atoms with Crippen molar-refractivity contribution >= 4 is 17.3 Å². The Balaban J connectivity index is 1.87. The number of benzene rings is 1. The number of methoxy groups -OCH3 is 1. The summed E-state index contributed by atoms with van der Waals surface area (Å²) in [5.41, 5.74) is 5.72. The summed E-state index contributed by atoms with van der Waals surface area (Å²) in [5.74, 6) is -0.347. The van der Waals surface area contributed by atoms with Crippen molar-refractivity contribution < 1.29 is 19.0 Å². The molecule has 0 amide bonds. The van der Waals surface area contributed by atoms with E-state index in [4.69, 9.17) is 19.2 Å². The van der Waals surface area contributed by atoms with Gasteiger partial charge in [-0.1, -0.05) is 30.3 Å². The van der Waals surface area contributed by atoms with Gasteiger partial charge in [0.25, 0.3) is 0 Å². The summed E-state index contributed by atoms with van der Waals surface area (Å²) in [6, 6.07) is 11.7. The first-order chi connectivity index (χ1) is 14.5. The van der Waals surface area contributed by atoms with E-state index in [0.717, 1.165) is 33.8 Å². The standard InChI is InChI=1S/C23H27N3O4/c1-14-15(2)26-11-10-18-20(23(26)24-14)25-19(17-8-6-5-7-9-17)22(30-16(3)27)21(18)29-13-12-28-4/h5-11,19,21-22,25H,12-13H2,1-4H3/t19-,21-,22-/m1/s1. The van der Waals surface area contributed by atoms with Crippen molar-refractivity contribution in [1.82, 2.24) is 9.38 Å². The molecular weight excluding hydrogens is 382 g/mol. The first-order valence-electron chi connectivity index (χ1n) is 10.1. The fourth-order valence-corrected chi connectivity index (χ4v) is 4.03. The first-order valence-corrected chi connectivity index (χ1v) is 10.1. The smallest absolute Gasteiger partial charge is 0.303 e. The molecule has 0 bridgehead atoms. The largest absolute Gasteiger partial charge is 0.457 e. The predicted octanol–water partition coefficient (Wildman–Crippen LogP) is 3.75. The molecule has 0 aliphatic carbocycles. The second kappa shape index (κ2) is 8.45. The van der Waals surface area contributed by atoms with E-state index < -0.39 is 12.2 Å². The van der Waals surface area contributed by atoms with Crippen LogP contribution in [0.15, 0.2) is 42.6 Å². The molecule has 0 spiro atoms. The Morgan fingerprint density at radius 2 is 1.93 bits per heavy atom. The van der Waals surface area contributed by atoms with Crippen LogP contribution < -0.4 is 5.32 Å². The molecule has 1 N–H and O–H groups in total. The zero-order valence-corrected chi connectivity index (χ0v) is 17.7. The van der Waals surface area contributed by atoms with Crippen LogP contribution in [0.5, 0.6) is 0 Å². The van der Waals surface area contributed by atoms with E-state index in [1.165, 1.54) is 6.92 Å². The van der Waals surface area contributed by atoms with Gasteiger partial charge in [-0.25, -0.2) is 4.98 Å². The van der Waals surface area contributed by atoms with Crippen LogP contribution in [0.3, 0.4) is 0 Å². The highest BCUT2D eigenvalue weighted by Gasteiger charge is 2.41. The lowest BCUT2D eigenvalue weighted by atomic mass is 9.88. The third kappa shape index (κ3) is 3.66. The number of rotatable bonds is 6. The maximum atomic E-state index is 12.0. The minimum Gasteiger partial charge on any atom is -0.457 e. The van der Waals surface area contributed by atoms with Gasteiger partial charge in [0.1, 0.15) is 6.10 Å². The number of pyridine rings is 1. The van der Waals surface area contributed by atoms with E-state index >= 15 is 0 Å². The maximum absolute atomic E-state index is 12.0. The Bertz CT molecular complexity index is 1050. The van der Waals surface area contributed by atoms with Crippen molar-refractivity contribution in [2.75, 3.05) is 25.6 Å². The SMILES string of the molecule is COCCO[C@@H]1c2ccn3c(C)c(C)nc3c2N[C@H](c2ccccc2)[C@H]1OC(C)=O. The Hall–Kier alpha value is -2.90. The molecule has 1 aromatic carbocycles. The highest BCUT2D eigenvalue weighted by atomic mass is 16.6. The first kappa shape index (κ1) is 20.4. The van der Waals surface area contributed by atoms with E-state index in [1.807, 2.05) is 56.4 Å². The number of nitrogens with zero attached hydrogens (tertiary/aromatic N) is 2. The van der Waals surface area contributed by atoms with Gasteiger partial charge in [0.2, 0.25) is 0 Å². The van der Waals surface area contributed by atoms with Crippen molar-refractivity contribution in [3.8, 4) is 0 Å². The number of ether oxygens (including phenoxy) is 3. The number of anilines is 1. The molecule has 1 aliphatic heterocycles. The molecule has 1 aliphatic rings. The van der Waals surface area contributed by atoms with Crippen LogP contribution in [0.4, 0.5) is 5.69 Å². The summed E-state index contributed by atoms with van der Waals surface area (Å²) in [7, 11) is 1.63. The summed E-state index contributed by atoms with van der Waals surface area (Å²) in [6.07, 6.45) is 1.01. The van der Waals surface area contributed by atoms with Gasteiger partial charge in [0, 0.05) is 31.5 Å². The van der Waals surface area contributed by atoms with Gasteiger partial charge in [-0.05, 0) is 25.5 Å². The Morgan fingerprint density at radius 1 is 1.17 bits per heavy atom. The lowest BCUT2D eigenvalue weighted by Gasteiger charge is -2.40. The molecule has 30 heavy (non-hydrogen) atoms. The molecular formula is C23H27N3O4. The summed E-state index contributed by atoms with van der Waals surface area (Å²) in [6.45, 7) is 6.31. The molecule has 0 saturated heterocycles. The Labute approximate surface area is 176 Å². The number of esters is 1. The van der Waals surface area contributed by atoms with E-state index in [1.54, 1.807) is 7.11 Å². The zero-order valence-electron chi connectivity index (χ0n) is 17.7. The second-order valence-electron chi connectivity index (χ2n) is 7.51. The second-order valence-corrected chi connectivity index (χ2v) is 7.51. The van der Waals surface area contributed by atoms with Crippen LogP contribution in [-0.4, -0.2) is 41.8 Å². The van der Waals surface area contributed by atoms with Gasteiger partial charge in [-0.3, -0.25) is 4.79 Å². The monoisotopic (exact) mass is 409 g/mol. The van der Waals surface area contributed by atoms with Crippen molar-refractivity contribution in [1.29, 1.82) is 0 Å². The van der Waals surface area contributed by atoms with Crippen molar-refractivity contribution in [2.24, 2.45) is 0 Å². The van der Waals surface area contributed by atoms with Crippen LogP contribution in [0.25, 0.3) is 5.65 Å².